The lowest BCUT2D eigenvalue weighted by Gasteiger charge is -2.43. The molecule has 8 heterocycles. The third-order valence-electron chi connectivity index (χ3n) is 11.0. The van der Waals surface area contributed by atoms with Gasteiger partial charge in [0.05, 0.1) is 22.8 Å². The second-order valence-corrected chi connectivity index (χ2v) is 16.5. The van der Waals surface area contributed by atoms with Gasteiger partial charge in [0.2, 0.25) is 0 Å². The first-order chi connectivity index (χ1) is 28.6. The molecule has 4 fully saturated rings. The summed E-state index contributed by atoms with van der Waals surface area (Å²) in [6, 6.07) is 26.8. The fourth-order valence-corrected chi connectivity index (χ4v) is 9.07. The Labute approximate surface area is 359 Å². The zero-order chi connectivity index (χ0) is 41.0. The number of benzene rings is 2. The molecule has 0 saturated carbocycles. The van der Waals surface area contributed by atoms with Gasteiger partial charge in [-0.15, -0.1) is 20.4 Å². The molecule has 4 bridgehead atoms. The molecule has 6 aromatic rings. The number of hydrogen-bond donors (Lipinski definition) is 5. The quantitative estimate of drug-likeness (QED) is 0.111. The highest BCUT2D eigenvalue weighted by Gasteiger charge is 2.41. The van der Waals surface area contributed by atoms with Crippen molar-refractivity contribution in [3.63, 3.8) is 0 Å². The van der Waals surface area contributed by atoms with Crippen molar-refractivity contribution in [2.75, 3.05) is 52.3 Å². The monoisotopic (exact) mass is 926 g/mol. The standard InChI is InChI=1S/C21H21BrN6O.C16H19N5O.C5H3BrFN.H2/c22-20-9-13(7-8-24-20)28-14-5-6-15(28)12-27(11-14)18-10-17(25-26-21(18)23)16-3-1-2-4-19(16)29;17-16-14(21-8-10-5-6-11(9-21)18-10)7-13(19-20-16)12-3-1-2-4-15(12)22;6-5-3-4(7)1-2-8-5;/h1-4,7-10,14-15,29H,5-6,11-12H2,(H2,23,26);1-4,7,10-11,18,22H,5-6,8-9H2,(H2,17,20);1-3H;1H. The smallest absolute Gasteiger partial charge is 0.169 e. The van der Waals surface area contributed by atoms with Crippen LogP contribution in [0.5, 0.6) is 11.5 Å². The minimum Gasteiger partial charge on any atom is -0.507 e. The Hall–Kier alpha value is -5.65. The number of phenolic OH excluding ortho intramolecular Hbond substituents is 2. The zero-order valence-corrected chi connectivity index (χ0v) is 35.1. The van der Waals surface area contributed by atoms with Gasteiger partial charge in [-0.25, -0.2) is 14.4 Å². The third-order valence-corrected chi connectivity index (χ3v) is 11.9. The van der Waals surface area contributed by atoms with Crippen LogP contribution in [0.4, 0.5) is 33.1 Å². The van der Waals surface area contributed by atoms with Gasteiger partial charge in [0.15, 0.2) is 11.6 Å². The Bertz CT molecular complexity index is 2390. The number of phenols is 2. The molecule has 59 heavy (non-hydrogen) atoms. The largest absolute Gasteiger partial charge is 0.507 e. The summed E-state index contributed by atoms with van der Waals surface area (Å²) in [4.78, 5) is 15.1. The number of nitrogens with two attached hydrogens (primary N) is 2. The number of piperazine rings is 2. The van der Waals surface area contributed by atoms with Crippen molar-refractivity contribution in [3.8, 4) is 34.0 Å². The number of halogens is 3. The molecule has 0 amide bonds. The van der Waals surface area contributed by atoms with Gasteiger partial charge in [-0.2, -0.15) is 0 Å². The van der Waals surface area contributed by atoms with Crippen LogP contribution in [-0.2, 0) is 0 Å². The van der Waals surface area contributed by atoms with E-state index < -0.39 is 0 Å². The minimum absolute atomic E-state index is 0. The molecular weight excluding hydrogens is 883 g/mol. The normalized spacial score (nSPS) is 20.4. The van der Waals surface area contributed by atoms with E-state index in [-0.39, 0.29) is 18.7 Å². The number of aromatic hydroxyl groups is 2. The van der Waals surface area contributed by atoms with Crippen molar-refractivity contribution in [1.29, 1.82) is 0 Å². The van der Waals surface area contributed by atoms with Gasteiger partial charge in [0, 0.05) is 87.0 Å². The van der Waals surface area contributed by atoms with Crippen LogP contribution >= 0.6 is 31.9 Å². The van der Waals surface area contributed by atoms with E-state index in [2.05, 4.69) is 94.4 Å². The topological polar surface area (TPSA) is 192 Å². The molecule has 4 saturated heterocycles. The Balaban J connectivity index is 0.000000155. The molecule has 14 nitrogen and oxygen atoms in total. The van der Waals surface area contributed by atoms with Gasteiger partial charge >= 0.3 is 0 Å². The lowest BCUT2D eigenvalue weighted by Crippen LogP contribution is -2.54. The summed E-state index contributed by atoms with van der Waals surface area (Å²) < 4.78 is 13.5. The maximum Gasteiger partial charge on any atom is 0.169 e. The number of anilines is 5. The molecule has 7 N–H and O–H groups in total. The van der Waals surface area contributed by atoms with Gasteiger partial charge in [-0.1, -0.05) is 24.3 Å². The molecule has 4 aromatic heterocycles. The third kappa shape index (κ3) is 9.16. The number of nitrogens with one attached hydrogen (secondary N) is 1. The lowest BCUT2D eigenvalue weighted by molar-refractivity contribution is 0.465. The Kier molecular flexibility index (Phi) is 12.0. The van der Waals surface area contributed by atoms with E-state index in [9.17, 15) is 14.6 Å². The van der Waals surface area contributed by atoms with E-state index in [1.54, 1.807) is 24.3 Å². The second kappa shape index (κ2) is 17.7. The summed E-state index contributed by atoms with van der Waals surface area (Å²) in [7, 11) is 0. The van der Waals surface area contributed by atoms with Crippen LogP contribution in [0.25, 0.3) is 22.5 Å². The van der Waals surface area contributed by atoms with E-state index in [0.29, 0.717) is 62.9 Å². The second-order valence-electron chi connectivity index (χ2n) is 14.9. The summed E-state index contributed by atoms with van der Waals surface area (Å²) in [5, 5.41) is 40.4. The average Bonchev–Trinajstić information content (AvgIpc) is 3.71. The fourth-order valence-electron chi connectivity index (χ4n) is 8.38. The van der Waals surface area contributed by atoms with E-state index >= 15 is 0 Å². The first kappa shape index (κ1) is 40.1. The van der Waals surface area contributed by atoms with Crippen LogP contribution in [-0.4, -0.2) is 90.9 Å². The molecule has 4 unspecified atom stereocenters. The van der Waals surface area contributed by atoms with Crippen LogP contribution in [0.2, 0.25) is 0 Å². The zero-order valence-electron chi connectivity index (χ0n) is 31.9. The number of aromatic nitrogens is 6. The molecule has 2 aromatic carbocycles. The van der Waals surface area contributed by atoms with Crippen molar-refractivity contribution >= 4 is 60.6 Å². The van der Waals surface area contributed by atoms with Gasteiger partial charge in [0.25, 0.3) is 0 Å². The molecule has 10 rings (SSSR count). The van der Waals surface area contributed by atoms with Gasteiger partial charge in [-0.05, 0) is 112 Å². The van der Waals surface area contributed by atoms with Crippen LogP contribution in [0.3, 0.4) is 0 Å². The summed E-state index contributed by atoms with van der Waals surface area (Å²) in [5.41, 5.74) is 17.9. The molecule has 4 atom stereocenters. The molecule has 0 aliphatic carbocycles. The number of nitrogen functional groups attached to an aromatic ring is 2. The summed E-state index contributed by atoms with van der Waals surface area (Å²) in [6.45, 7) is 3.61. The van der Waals surface area contributed by atoms with Crippen molar-refractivity contribution in [2.24, 2.45) is 0 Å². The molecule has 4 aliphatic rings. The van der Waals surface area contributed by atoms with E-state index in [0.717, 1.165) is 55.0 Å². The number of rotatable bonds is 5. The van der Waals surface area contributed by atoms with Crippen molar-refractivity contribution in [1.82, 2.24) is 35.7 Å². The molecule has 4 aliphatic heterocycles. The van der Waals surface area contributed by atoms with E-state index in [1.807, 2.05) is 42.6 Å². The SMILES string of the molecule is Fc1ccnc(Br)c1.Nc1nnc(-c2ccccc2O)cc1N1CC2CCC(C1)N2.Nc1nnc(-c2ccccc2O)cc1N1CC2CCC(C1)N2c1ccnc(Br)c1.[HH]. The average molecular weight is 929 g/mol. The highest BCUT2D eigenvalue weighted by Crippen LogP contribution is 2.39. The number of para-hydroxylation sites is 2. The van der Waals surface area contributed by atoms with Crippen LogP contribution < -0.4 is 31.5 Å². The van der Waals surface area contributed by atoms with E-state index in [1.165, 1.54) is 36.9 Å². The minimum atomic E-state index is -0.271. The molecule has 0 radical (unpaired) electrons. The van der Waals surface area contributed by atoms with Crippen molar-refractivity contribution < 1.29 is 16.0 Å². The predicted molar refractivity (Wildman–Crippen MR) is 237 cm³/mol. The maximum atomic E-state index is 12.1. The van der Waals surface area contributed by atoms with Gasteiger partial charge in [0.1, 0.15) is 26.5 Å². The molecule has 0 spiro atoms. The maximum absolute atomic E-state index is 12.1. The molecule has 306 valence electrons. The highest BCUT2D eigenvalue weighted by molar-refractivity contribution is 9.10. The first-order valence-electron chi connectivity index (χ1n) is 19.4. The Morgan fingerprint density at radius 2 is 1.12 bits per heavy atom. The van der Waals surface area contributed by atoms with Crippen molar-refractivity contribution in [3.05, 3.63) is 112 Å². The summed E-state index contributed by atoms with van der Waals surface area (Å²) in [5.74, 6) is 0.981. The van der Waals surface area contributed by atoms with Crippen LogP contribution in [0, 0.1) is 5.82 Å². The molecular formula is C42H45Br2FN12O2. The van der Waals surface area contributed by atoms with Crippen molar-refractivity contribution in [2.45, 2.75) is 49.9 Å². The number of hydrogen-bond acceptors (Lipinski definition) is 14. The van der Waals surface area contributed by atoms with Crippen LogP contribution in [0.1, 0.15) is 27.1 Å². The van der Waals surface area contributed by atoms with Crippen LogP contribution in [0.15, 0.2) is 107 Å². The van der Waals surface area contributed by atoms with Gasteiger partial charge < -0.3 is 41.7 Å². The fraction of sp³-hybridized carbons (Fsp3) is 0.286. The van der Waals surface area contributed by atoms with Gasteiger partial charge in [-0.3, -0.25) is 0 Å². The number of fused-ring (bicyclic) bond motifs is 4. The molecule has 17 heteroatoms. The predicted octanol–water partition coefficient (Wildman–Crippen LogP) is 7.05. The summed E-state index contributed by atoms with van der Waals surface area (Å²) in [6.07, 6.45) is 7.96. The Morgan fingerprint density at radius 3 is 1.59 bits per heavy atom. The Morgan fingerprint density at radius 1 is 0.627 bits per heavy atom. The highest BCUT2D eigenvalue weighted by atomic mass is 79.9. The lowest BCUT2D eigenvalue weighted by atomic mass is 10.1. The summed E-state index contributed by atoms with van der Waals surface area (Å²) >= 11 is 6.49. The van der Waals surface area contributed by atoms with E-state index in [4.69, 9.17) is 11.5 Å². The number of nitrogens with zero attached hydrogens (tertiary/aromatic N) is 9. The first-order valence-corrected chi connectivity index (χ1v) is 20.9. The number of pyridine rings is 2.